The molecule has 1 aromatic carbocycles. The molecule has 4 rings (SSSR count). The van der Waals surface area contributed by atoms with E-state index in [9.17, 15) is 4.79 Å². The van der Waals surface area contributed by atoms with E-state index in [-0.39, 0.29) is 5.91 Å². The van der Waals surface area contributed by atoms with E-state index in [1.54, 1.807) is 29.2 Å². The van der Waals surface area contributed by atoms with Gasteiger partial charge in [0.05, 0.1) is 22.0 Å². The van der Waals surface area contributed by atoms with Crippen LogP contribution in [0.15, 0.2) is 59.3 Å². The molecule has 1 amide bonds. The Labute approximate surface area is 175 Å². The highest BCUT2D eigenvalue weighted by Gasteiger charge is 2.16. The first-order valence-electron chi connectivity index (χ1n) is 8.82. The topological polar surface area (TPSA) is 78.3 Å². The fraction of sp³-hybridized carbons (Fsp3) is 0.150. The van der Waals surface area contributed by atoms with Crippen molar-refractivity contribution in [3.63, 3.8) is 0 Å². The van der Waals surface area contributed by atoms with E-state index < -0.39 is 0 Å². The normalized spacial score (nSPS) is 10.8. The van der Waals surface area contributed by atoms with Gasteiger partial charge in [0.1, 0.15) is 6.61 Å². The lowest BCUT2D eigenvalue weighted by Gasteiger charge is -2.07. The number of carbonyl (C=O) groups excluding carboxylic acids is 1. The Morgan fingerprint density at radius 3 is 2.55 bits per heavy atom. The van der Waals surface area contributed by atoms with Gasteiger partial charge < -0.3 is 14.8 Å². The van der Waals surface area contributed by atoms with Crippen LogP contribution in [0.1, 0.15) is 9.67 Å². The number of benzene rings is 1. The number of aromatic nitrogens is 3. The highest BCUT2D eigenvalue weighted by molar-refractivity contribution is 7.13. The van der Waals surface area contributed by atoms with Crippen LogP contribution in [0.25, 0.3) is 16.4 Å². The van der Waals surface area contributed by atoms with Crippen molar-refractivity contribution >= 4 is 34.3 Å². The summed E-state index contributed by atoms with van der Waals surface area (Å²) in [6.07, 6.45) is 0. The van der Waals surface area contributed by atoms with Crippen molar-refractivity contribution in [3.05, 3.63) is 64.2 Å². The predicted molar refractivity (Wildman–Crippen MR) is 114 cm³/mol. The van der Waals surface area contributed by atoms with Crippen molar-refractivity contribution in [1.29, 1.82) is 0 Å². The van der Waals surface area contributed by atoms with Gasteiger partial charge in [0, 0.05) is 12.8 Å². The molecule has 3 heterocycles. The zero-order valence-corrected chi connectivity index (χ0v) is 17.2. The zero-order valence-electron chi connectivity index (χ0n) is 15.6. The van der Waals surface area contributed by atoms with Gasteiger partial charge in [0.25, 0.3) is 5.91 Å². The van der Waals surface area contributed by atoms with Gasteiger partial charge in [-0.2, -0.15) is 4.98 Å². The fourth-order valence-electron chi connectivity index (χ4n) is 2.60. The van der Waals surface area contributed by atoms with Gasteiger partial charge in [-0.05, 0) is 47.2 Å². The molecule has 29 heavy (non-hydrogen) atoms. The Bertz CT molecular complexity index is 1060. The third-order valence-corrected chi connectivity index (χ3v) is 5.70. The minimum absolute atomic E-state index is 0.124. The van der Waals surface area contributed by atoms with Gasteiger partial charge in [-0.15, -0.1) is 27.8 Å². The fourth-order valence-corrected chi connectivity index (χ4v) is 3.92. The number of methoxy groups -OCH3 is 1. The lowest BCUT2D eigenvalue weighted by Crippen LogP contribution is -2.10. The van der Waals surface area contributed by atoms with Crippen molar-refractivity contribution in [1.82, 2.24) is 14.8 Å². The highest BCUT2D eigenvalue weighted by Crippen LogP contribution is 2.28. The van der Waals surface area contributed by atoms with Crippen LogP contribution >= 0.6 is 22.7 Å². The maximum absolute atomic E-state index is 12.2. The van der Waals surface area contributed by atoms with E-state index in [2.05, 4.69) is 15.4 Å². The molecular weight excluding hydrogens is 408 g/mol. The van der Waals surface area contributed by atoms with Crippen LogP contribution in [-0.2, 0) is 4.74 Å². The summed E-state index contributed by atoms with van der Waals surface area (Å²) < 4.78 is 12.3. The summed E-state index contributed by atoms with van der Waals surface area (Å²) in [6, 6.07) is 15.3. The predicted octanol–water partition coefficient (Wildman–Crippen LogP) is 4.33. The molecule has 0 bridgehead atoms. The van der Waals surface area contributed by atoms with Crippen LogP contribution in [0.5, 0.6) is 6.01 Å². The van der Waals surface area contributed by atoms with Crippen molar-refractivity contribution in [2.45, 2.75) is 0 Å². The Morgan fingerprint density at radius 2 is 1.86 bits per heavy atom. The van der Waals surface area contributed by atoms with Crippen molar-refractivity contribution in [2.24, 2.45) is 0 Å². The first-order valence-corrected chi connectivity index (χ1v) is 10.6. The molecule has 9 heteroatoms. The molecule has 7 nitrogen and oxygen atoms in total. The van der Waals surface area contributed by atoms with Gasteiger partial charge in [-0.25, -0.2) is 4.68 Å². The summed E-state index contributed by atoms with van der Waals surface area (Å²) in [6.45, 7) is 0.833. The molecule has 0 radical (unpaired) electrons. The Balaban J connectivity index is 1.57. The molecule has 0 aliphatic rings. The molecule has 0 unspecified atom stereocenters. The first kappa shape index (κ1) is 19.3. The van der Waals surface area contributed by atoms with Gasteiger partial charge in [-0.3, -0.25) is 4.79 Å². The number of ether oxygens (including phenoxy) is 2. The molecule has 0 saturated heterocycles. The molecular formula is C20H18N4O3S2. The average molecular weight is 427 g/mol. The van der Waals surface area contributed by atoms with E-state index in [0.717, 1.165) is 10.6 Å². The summed E-state index contributed by atoms with van der Waals surface area (Å²) >= 11 is 2.98. The summed E-state index contributed by atoms with van der Waals surface area (Å²) in [5.41, 5.74) is 1.53. The lowest BCUT2D eigenvalue weighted by molar-refractivity contribution is 0.103. The van der Waals surface area contributed by atoms with Gasteiger partial charge in [-0.1, -0.05) is 12.1 Å². The van der Waals surface area contributed by atoms with Gasteiger partial charge >= 0.3 is 6.01 Å². The number of amides is 1. The average Bonchev–Trinajstić information content (AvgIpc) is 3.49. The molecule has 0 aliphatic carbocycles. The minimum atomic E-state index is -0.124. The van der Waals surface area contributed by atoms with Crippen LogP contribution in [0.4, 0.5) is 5.69 Å². The number of nitrogens with one attached hydrogen (secondary N) is 1. The number of hydrogen-bond donors (Lipinski definition) is 1. The summed E-state index contributed by atoms with van der Waals surface area (Å²) in [5.74, 6) is 0.574. The largest absolute Gasteiger partial charge is 0.460 e. The number of thiophene rings is 2. The Hall–Kier alpha value is -3.01. The quantitative estimate of drug-likeness (QED) is 0.424. The SMILES string of the molecule is COCCOc1nc(-c2cccs2)n(-c2ccc(NC(=O)c3cccs3)cc2)n1. The lowest BCUT2D eigenvalue weighted by atomic mass is 10.2. The molecule has 148 valence electrons. The second-order valence-electron chi connectivity index (χ2n) is 5.93. The number of carbonyl (C=O) groups is 1. The van der Waals surface area contributed by atoms with Gasteiger partial charge in [0.2, 0.25) is 0 Å². The zero-order chi connectivity index (χ0) is 20.1. The standard InChI is InChI=1S/C20H18N4O3S2/c1-26-10-11-27-20-22-18(16-4-2-12-28-16)24(23-20)15-8-6-14(7-9-15)21-19(25)17-5-3-13-29-17/h2-9,12-13H,10-11H2,1H3,(H,21,25). The molecule has 0 saturated carbocycles. The van der Waals surface area contributed by atoms with E-state index in [1.165, 1.54) is 11.3 Å². The Kier molecular flexibility index (Phi) is 5.99. The van der Waals surface area contributed by atoms with Crippen LogP contribution in [0.3, 0.4) is 0 Å². The number of nitrogens with zero attached hydrogens (tertiary/aromatic N) is 3. The maximum Gasteiger partial charge on any atom is 0.336 e. The van der Waals surface area contributed by atoms with Crippen LogP contribution < -0.4 is 10.1 Å². The molecule has 0 aliphatic heterocycles. The van der Waals surface area contributed by atoms with E-state index in [0.29, 0.717) is 35.6 Å². The van der Waals surface area contributed by atoms with E-state index >= 15 is 0 Å². The second kappa shape index (κ2) is 8.99. The second-order valence-corrected chi connectivity index (χ2v) is 7.82. The first-order chi connectivity index (χ1) is 14.2. The summed E-state index contributed by atoms with van der Waals surface area (Å²) in [5, 5.41) is 11.2. The third kappa shape index (κ3) is 4.53. The molecule has 3 aromatic heterocycles. The van der Waals surface area contributed by atoms with E-state index in [1.807, 2.05) is 53.2 Å². The molecule has 0 spiro atoms. The third-order valence-electron chi connectivity index (χ3n) is 3.96. The van der Waals surface area contributed by atoms with E-state index in [4.69, 9.17) is 9.47 Å². The summed E-state index contributed by atoms with van der Waals surface area (Å²) in [4.78, 5) is 18.4. The minimum Gasteiger partial charge on any atom is -0.460 e. The molecule has 0 atom stereocenters. The monoisotopic (exact) mass is 426 g/mol. The Morgan fingerprint density at radius 1 is 1.07 bits per heavy atom. The molecule has 4 aromatic rings. The molecule has 0 fully saturated rings. The van der Waals surface area contributed by atoms with Crippen LogP contribution in [0.2, 0.25) is 0 Å². The van der Waals surface area contributed by atoms with Gasteiger partial charge in [0.15, 0.2) is 5.82 Å². The van der Waals surface area contributed by atoms with Crippen molar-refractivity contribution < 1.29 is 14.3 Å². The van der Waals surface area contributed by atoms with Crippen molar-refractivity contribution in [2.75, 3.05) is 25.6 Å². The van der Waals surface area contributed by atoms with Crippen LogP contribution in [0, 0.1) is 0 Å². The maximum atomic E-state index is 12.2. The summed E-state index contributed by atoms with van der Waals surface area (Å²) in [7, 11) is 1.62. The van der Waals surface area contributed by atoms with Crippen molar-refractivity contribution in [3.8, 4) is 22.4 Å². The number of hydrogen-bond acceptors (Lipinski definition) is 7. The number of rotatable bonds is 8. The van der Waals surface area contributed by atoms with Crippen LogP contribution in [-0.4, -0.2) is 41.0 Å². The molecule has 1 N–H and O–H groups in total. The number of anilines is 1. The smallest absolute Gasteiger partial charge is 0.336 e. The highest BCUT2D eigenvalue weighted by atomic mass is 32.1.